The van der Waals surface area contributed by atoms with Gasteiger partial charge >= 0.3 is 0 Å². The molecule has 0 fully saturated rings. The minimum Gasteiger partial charge on any atom is -0.492 e. The van der Waals surface area contributed by atoms with Gasteiger partial charge in [0, 0.05) is 18.0 Å². The number of benzene rings is 1. The fraction of sp³-hybridized carbons (Fsp3) is 0.421. The van der Waals surface area contributed by atoms with E-state index < -0.39 is 0 Å². The van der Waals surface area contributed by atoms with E-state index in [1.807, 2.05) is 18.4 Å². The Morgan fingerprint density at radius 2 is 2.06 bits per heavy atom. The molecule has 1 N–H and O–H groups in total. The predicted octanol–water partition coefficient (Wildman–Crippen LogP) is 4.76. The average molecular weight is 501 g/mol. The summed E-state index contributed by atoms with van der Waals surface area (Å²) in [4.78, 5) is 12.2. The number of hydrogen-bond acceptors (Lipinski definition) is 8. The largest absolute Gasteiger partial charge is 0.492 e. The molecule has 3 aromatic rings. The van der Waals surface area contributed by atoms with Crippen LogP contribution < -0.4 is 10.1 Å². The minimum absolute atomic E-state index is 0.149. The predicted molar refractivity (Wildman–Crippen MR) is 125 cm³/mol. The van der Waals surface area contributed by atoms with Gasteiger partial charge in [-0.2, -0.15) is 0 Å². The van der Waals surface area contributed by atoms with Gasteiger partial charge in [0.15, 0.2) is 5.16 Å². The molecule has 12 heteroatoms. The summed E-state index contributed by atoms with van der Waals surface area (Å²) in [5.41, 5.74) is 0. The number of aryl methyl sites for hydroxylation is 2. The molecule has 0 radical (unpaired) electrons. The van der Waals surface area contributed by atoms with Crippen LogP contribution in [0.25, 0.3) is 0 Å². The Hall–Kier alpha value is -1.88. The van der Waals surface area contributed by atoms with Crippen LogP contribution in [-0.2, 0) is 24.2 Å². The summed E-state index contributed by atoms with van der Waals surface area (Å²) in [5, 5.41) is 22.4. The first kappa shape index (κ1) is 23.8. The van der Waals surface area contributed by atoms with Crippen molar-refractivity contribution in [2.24, 2.45) is 0 Å². The molecule has 0 bridgehead atoms. The molecule has 1 aromatic carbocycles. The number of rotatable bonds is 11. The van der Waals surface area contributed by atoms with Crippen molar-refractivity contribution in [3.8, 4) is 5.75 Å². The summed E-state index contributed by atoms with van der Waals surface area (Å²) < 4.78 is 7.73. The topological polar surface area (TPSA) is 94.8 Å². The lowest BCUT2D eigenvalue weighted by atomic mass is 10.3. The van der Waals surface area contributed by atoms with Crippen molar-refractivity contribution in [3.63, 3.8) is 0 Å². The molecule has 0 saturated carbocycles. The number of nitrogens with zero attached hydrogens (tertiary/aromatic N) is 5. The van der Waals surface area contributed by atoms with Crippen LogP contribution in [-0.4, -0.2) is 43.2 Å². The van der Waals surface area contributed by atoms with Crippen molar-refractivity contribution in [1.82, 2.24) is 25.0 Å². The number of halogens is 2. The molecular formula is C19H22Cl2N6O2S2. The molecular weight excluding hydrogens is 479 g/mol. The van der Waals surface area contributed by atoms with Gasteiger partial charge in [0.2, 0.25) is 11.0 Å². The molecule has 1 amide bonds. The average Bonchev–Trinajstić information content (AvgIpc) is 3.37. The quantitative estimate of drug-likeness (QED) is 0.299. The highest BCUT2D eigenvalue weighted by Gasteiger charge is 2.14. The Bertz CT molecular complexity index is 1030. The number of amides is 1. The lowest BCUT2D eigenvalue weighted by molar-refractivity contribution is -0.113. The molecule has 0 saturated heterocycles. The summed E-state index contributed by atoms with van der Waals surface area (Å²) in [6, 6.07) is 5.15. The number of hydrogen-bond donors (Lipinski definition) is 1. The van der Waals surface area contributed by atoms with Gasteiger partial charge in [-0.05, 0) is 38.0 Å². The smallest absolute Gasteiger partial charge is 0.236 e. The van der Waals surface area contributed by atoms with Crippen LogP contribution in [0.15, 0.2) is 23.4 Å². The number of ether oxygens (including phenoxy) is 1. The summed E-state index contributed by atoms with van der Waals surface area (Å²) >= 11 is 14.7. The number of carbonyl (C=O) groups is 1. The second-order valence-corrected chi connectivity index (χ2v) is 9.21. The van der Waals surface area contributed by atoms with Gasteiger partial charge in [0.25, 0.3) is 0 Å². The first-order chi connectivity index (χ1) is 15.0. The van der Waals surface area contributed by atoms with Crippen molar-refractivity contribution in [1.29, 1.82) is 0 Å². The van der Waals surface area contributed by atoms with Gasteiger partial charge in [-0.25, -0.2) is 0 Å². The van der Waals surface area contributed by atoms with Crippen molar-refractivity contribution in [2.75, 3.05) is 17.7 Å². The maximum Gasteiger partial charge on any atom is 0.236 e. The Balaban J connectivity index is 1.47. The highest BCUT2D eigenvalue weighted by molar-refractivity contribution is 7.99. The Kier molecular flexibility index (Phi) is 8.94. The molecule has 0 unspecified atom stereocenters. The van der Waals surface area contributed by atoms with E-state index in [2.05, 4.69) is 25.7 Å². The lowest BCUT2D eigenvalue weighted by Gasteiger charge is -2.09. The highest BCUT2D eigenvalue weighted by atomic mass is 35.5. The van der Waals surface area contributed by atoms with E-state index >= 15 is 0 Å². The van der Waals surface area contributed by atoms with E-state index in [4.69, 9.17) is 27.9 Å². The maximum absolute atomic E-state index is 12.2. The van der Waals surface area contributed by atoms with Crippen molar-refractivity contribution >= 4 is 57.3 Å². The van der Waals surface area contributed by atoms with E-state index in [0.29, 0.717) is 45.7 Å². The summed E-state index contributed by atoms with van der Waals surface area (Å²) in [5.74, 6) is 1.53. The van der Waals surface area contributed by atoms with Crippen LogP contribution >= 0.6 is 46.3 Å². The Labute approximate surface area is 198 Å². The zero-order valence-corrected chi connectivity index (χ0v) is 20.2. The minimum atomic E-state index is -0.149. The first-order valence-corrected chi connectivity index (χ1v) is 12.3. The van der Waals surface area contributed by atoms with Gasteiger partial charge in [0.1, 0.15) is 16.6 Å². The first-order valence-electron chi connectivity index (χ1n) is 9.75. The van der Waals surface area contributed by atoms with Gasteiger partial charge in [0.05, 0.1) is 17.4 Å². The molecule has 8 nitrogen and oxygen atoms in total. The van der Waals surface area contributed by atoms with Gasteiger partial charge < -0.3 is 9.30 Å². The van der Waals surface area contributed by atoms with E-state index in [9.17, 15) is 4.79 Å². The third-order valence-corrected chi connectivity index (χ3v) is 6.63. The number of nitrogens with one attached hydrogen (secondary N) is 1. The second kappa shape index (κ2) is 11.7. The van der Waals surface area contributed by atoms with Crippen LogP contribution in [0.5, 0.6) is 5.75 Å². The third-order valence-electron chi connectivity index (χ3n) is 4.15. The SMILES string of the molecule is CCc1nnc(NC(=O)CSc2nnc(CCCOc3ccc(Cl)cc3Cl)n2CC)s1. The lowest BCUT2D eigenvalue weighted by Crippen LogP contribution is -2.14. The number of thioether (sulfide) groups is 1. The zero-order valence-electron chi connectivity index (χ0n) is 17.1. The standard InChI is InChI=1S/C19H22Cl2N6O2S2/c1-3-17-24-25-18(31-17)22-16(28)11-30-19-26-23-15(27(19)4-2)6-5-9-29-14-8-7-12(20)10-13(14)21/h7-8,10H,3-6,9,11H2,1-2H3,(H,22,25,28). The van der Waals surface area contributed by atoms with E-state index in [-0.39, 0.29) is 11.7 Å². The molecule has 0 aliphatic heterocycles. The van der Waals surface area contributed by atoms with Crippen LogP contribution in [0.2, 0.25) is 10.0 Å². The third kappa shape index (κ3) is 6.80. The van der Waals surface area contributed by atoms with Gasteiger partial charge in [-0.15, -0.1) is 20.4 Å². The summed E-state index contributed by atoms with van der Waals surface area (Å²) in [6.45, 7) is 5.22. The van der Waals surface area contributed by atoms with Gasteiger partial charge in [-0.3, -0.25) is 10.1 Å². The van der Waals surface area contributed by atoms with E-state index in [1.54, 1.807) is 18.2 Å². The maximum atomic E-state index is 12.2. The molecule has 0 spiro atoms. The highest BCUT2D eigenvalue weighted by Crippen LogP contribution is 2.27. The monoisotopic (exact) mass is 500 g/mol. The van der Waals surface area contributed by atoms with Crippen LogP contribution in [0.4, 0.5) is 5.13 Å². The van der Waals surface area contributed by atoms with Gasteiger partial charge in [-0.1, -0.05) is 53.2 Å². The Morgan fingerprint density at radius 1 is 1.23 bits per heavy atom. The molecule has 31 heavy (non-hydrogen) atoms. The summed E-state index contributed by atoms with van der Waals surface area (Å²) in [7, 11) is 0. The fourth-order valence-corrected chi connectivity index (χ4v) is 4.65. The number of anilines is 1. The van der Waals surface area contributed by atoms with Crippen LogP contribution in [0.1, 0.15) is 31.1 Å². The van der Waals surface area contributed by atoms with Crippen molar-refractivity contribution in [3.05, 3.63) is 39.1 Å². The Morgan fingerprint density at radius 3 is 2.77 bits per heavy atom. The number of aromatic nitrogens is 5. The van der Waals surface area contributed by atoms with E-state index in [0.717, 1.165) is 23.7 Å². The van der Waals surface area contributed by atoms with Crippen LogP contribution in [0.3, 0.4) is 0 Å². The second-order valence-electron chi connectivity index (χ2n) is 6.36. The molecule has 166 valence electrons. The molecule has 2 heterocycles. The van der Waals surface area contributed by atoms with Crippen molar-refractivity contribution < 1.29 is 9.53 Å². The zero-order chi connectivity index (χ0) is 22.2. The molecule has 0 aliphatic carbocycles. The molecule has 0 atom stereocenters. The molecule has 2 aromatic heterocycles. The van der Waals surface area contributed by atoms with E-state index in [1.165, 1.54) is 23.1 Å². The number of carbonyl (C=O) groups excluding carboxylic acids is 1. The van der Waals surface area contributed by atoms with Crippen molar-refractivity contribution in [2.45, 2.75) is 44.8 Å². The molecule has 3 rings (SSSR count). The van der Waals surface area contributed by atoms with Crippen LogP contribution in [0, 0.1) is 0 Å². The normalized spacial score (nSPS) is 11.0. The fourth-order valence-electron chi connectivity index (χ4n) is 2.67. The summed E-state index contributed by atoms with van der Waals surface area (Å²) in [6.07, 6.45) is 2.24. The molecule has 0 aliphatic rings.